The van der Waals surface area contributed by atoms with Gasteiger partial charge in [0, 0.05) is 31.8 Å². The Kier molecular flexibility index (Phi) is 4.21. The molecule has 20 heavy (non-hydrogen) atoms. The van der Waals surface area contributed by atoms with Crippen LogP contribution in [0, 0.1) is 5.92 Å². The second-order valence-corrected chi connectivity index (χ2v) is 5.82. The molecular formula is C16H23N3O. The second-order valence-electron chi connectivity index (χ2n) is 5.82. The molecule has 4 nitrogen and oxygen atoms in total. The highest BCUT2D eigenvalue weighted by Gasteiger charge is 2.18. The summed E-state index contributed by atoms with van der Waals surface area (Å²) in [7, 11) is 2.21. The first-order valence-electron chi connectivity index (χ1n) is 7.52. The van der Waals surface area contributed by atoms with E-state index in [9.17, 15) is 0 Å². The van der Waals surface area contributed by atoms with E-state index in [1.54, 1.807) is 6.26 Å². The molecule has 0 atom stereocenters. The van der Waals surface area contributed by atoms with E-state index in [1.165, 1.54) is 31.8 Å². The highest BCUT2D eigenvalue weighted by atomic mass is 16.3. The fourth-order valence-corrected chi connectivity index (χ4v) is 2.94. The largest absolute Gasteiger partial charge is 0.469 e. The topological polar surface area (TPSA) is 34.2 Å². The van der Waals surface area contributed by atoms with Gasteiger partial charge in [0.05, 0.1) is 6.26 Å². The molecular weight excluding hydrogens is 250 g/mol. The Morgan fingerprint density at radius 1 is 1.35 bits per heavy atom. The van der Waals surface area contributed by atoms with Crippen LogP contribution in [-0.2, 0) is 19.4 Å². The summed E-state index contributed by atoms with van der Waals surface area (Å²) in [5.74, 6) is 3.06. The summed E-state index contributed by atoms with van der Waals surface area (Å²) in [6, 6.07) is 3.98. The zero-order chi connectivity index (χ0) is 13.8. The van der Waals surface area contributed by atoms with Crippen LogP contribution in [0.1, 0.15) is 24.4 Å². The molecule has 0 saturated carbocycles. The maximum absolute atomic E-state index is 5.39. The molecule has 0 bridgehead atoms. The third-order valence-electron chi connectivity index (χ3n) is 4.29. The Hall–Kier alpha value is -1.55. The van der Waals surface area contributed by atoms with Crippen molar-refractivity contribution in [2.24, 2.45) is 5.92 Å². The molecule has 3 heterocycles. The van der Waals surface area contributed by atoms with Gasteiger partial charge in [0.2, 0.25) is 0 Å². The lowest BCUT2D eigenvalue weighted by atomic mass is 9.93. The van der Waals surface area contributed by atoms with Gasteiger partial charge in [-0.1, -0.05) is 0 Å². The molecule has 3 rings (SSSR count). The third-order valence-corrected chi connectivity index (χ3v) is 4.29. The van der Waals surface area contributed by atoms with Gasteiger partial charge in [-0.2, -0.15) is 0 Å². The minimum absolute atomic E-state index is 0.788. The molecule has 0 N–H and O–H groups in total. The predicted octanol–water partition coefficient (Wildman–Crippen LogP) is 2.60. The summed E-state index contributed by atoms with van der Waals surface area (Å²) in [5.41, 5.74) is 0. The van der Waals surface area contributed by atoms with Crippen LogP contribution in [0.5, 0.6) is 0 Å². The predicted molar refractivity (Wildman–Crippen MR) is 78.6 cm³/mol. The highest BCUT2D eigenvalue weighted by molar-refractivity contribution is 5.00. The van der Waals surface area contributed by atoms with Crippen molar-refractivity contribution < 1.29 is 4.42 Å². The van der Waals surface area contributed by atoms with E-state index in [0.717, 1.165) is 31.1 Å². The van der Waals surface area contributed by atoms with Crippen LogP contribution < -0.4 is 0 Å². The van der Waals surface area contributed by atoms with Crippen LogP contribution in [0.25, 0.3) is 0 Å². The van der Waals surface area contributed by atoms with Crippen LogP contribution in [0.15, 0.2) is 35.2 Å². The van der Waals surface area contributed by atoms with Crippen molar-refractivity contribution in [2.75, 3.05) is 20.1 Å². The smallest absolute Gasteiger partial charge is 0.108 e. The van der Waals surface area contributed by atoms with Crippen molar-refractivity contribution in [3.05, 3.63) is 42.4 Å². The minimum atomic E-state index is 0.788. The van der Waals surface area contributed by atoms with Crippen LogP contribution in [-0.4, -0.2) is 34.6 Å². The normalized spacial score (nSPS) is 17.6. The molecule has 1 aliphatic heterocycles. The van der Waals surface area contributed by atoms with E-state index in [4.69, 9.17) is 4.42 Å². The van der Waals surface area contributed by atoms with E-state index < -0.39 is 0 Å². The van der Waals surface area contributed by atoms with Gasteiger partial charge in [0.15, 0.2) is 0 Å². The summed E-state index contributed by atoms with van der Waals surface area (Å²) in [6.45, 7) is 3.39. The van der Waals surface area contributed by atoms with Crippen molar-refractivity contribution in [3.8, 4) is 0 Å². The molecule has 0 aromatic carbocycles. The minimum Gasteiger partial charge on any atom is -0.469 e. The zero-order valence-electron chi connectivity index (χ0n) is 12.2. The summed E-state index contributed by atoms with van der Waals surface area (Å²) < 4.78 is 7.67. The molecule has 2 aromatic heterocycles. The number of nitrogens with zero attached hydrogens (tertiary/aromatic N) is 3. The molecule has 2 aromatic rings. The Labute approximate surface area is 120 Å². The first-order valence-corrected chi connectivity index (χ1v) is 7.52. The Bertz CT molecular complexity index is 510. The fraction of sp³-hybridized carbons (Fsp3) is 0.562. The summed E-state index contributed by atoms with van der Waals surface area (Å²) in [6.07, 6.45) is 10.4. The molecule has 108 valence electrons. The number of piperidine rings is 1. The van der Waals surface area contributed by atoms with Crippen molar-refractivity contribution in [1.29, 1.82) is 0 Å². The van der Waals surface area contributed by atoms with E-state index >= 15 is 0 Å². The first kappa shape index (κ1) is 13.4. The average molecular weight is 273 g/mol. The Balaban J connectivity index is 1.56. The number of imidazole rings is 1. The van der Waals surface area contributed by atoms with E-state index in [2.05, 4.69) is 27.7 Å². The molecule has 1 fully saturated rings. The second kappa shape index (κ2) is 6.27. The summed E-state index contributed by atoms with van der Waals surface area (Å²) >= 11 is 0. The van der Waals surface area contributed by atoms with Crippen LogP contribution in [0.2, 0.25) is 0 Å². The van der Waals surface area contributed by atoms with Gasteiger partial charge in [0.25, 0.3) is 0 Å². The molecule has 0 aliphatic carbocycles. The highest BCUT2D eigenvalue weighted by Crippen LogP contribution is 2.20. The van der Waals surface area contributed by atoms with Gasteiger partial charge in [-0.05, 0) is 51.0 Å². The first-order chi connectivity index (χ1) is 9.81. The standard InChI is InChI=1S/C16H23N3O/c1-18-8-4-14(5-9-18)13-16-17-7-11-19(16)10-6-15-3-2-12-20-15/h2-3,7,11-12,14H,4-6,8-10,13H2,1H3. The maximum atomic E-state index is 5.39. The van der Waals surface area contributed by atoms with Crippen molar-refractivity contribution in [3.63, 3.8) is 0 Å². The maximum Gasteiger partial charge on any atom is 0.108 e. The molecule has 0 radical (unpaired) electrons. The lowest BCUT2D eigenvalue weighted by molar-refractivity contribution is 0.216. The van der Waals surface area contributed by atoms with Crippen molar-refractivity contribution in [1.82, 2.24) is 14.5 Å². The number of hydrogen-bond acceptors (Lipinski definition) is 3. The van der Waals surface area contributed by atoms with Gasteiger partial charge in [-0.15, -0.1) is 0 Å². The van der Waals surface area contributed by atoms with Gasteiger partial charge in [-0.3, -0.25) is 0 Å². The van der Waals surface area contributed by atoms with Gasteiger partial charge in [0.1, 0.15) is 11.6 Å². The molecule has 0 spiro atoms. The monoisotopic (exact) mass is 273 g/mol. The third kappa shape index (κ3) is 3.31. The lowest BCUT2D eigenvalue weighted by Gasteiger charge is -2.28. The van der Waals surface area contributed by atoms with Gasteiger partial charge < -0.3 is 13.9 Å². The number of aromatic nitrogens is 2. The SMILES string of the molecule is CN1CCC(Cc2nccn2CCc2ccco2)CC1. The number of hydrogen-bond donors (Lipinski definition) is 0. The number of likely N-dealkylation sites (tertiary alicyclic amines) is 1. The van der Waals surface area contributed by atoms with Crippen molar-refractivity contribution >= 4 is 0 Å². The fourth-order valence-electron chi connectivity index (χ4n) is 2.94. The lowest BCUT2D eigenvalue weighted by Crippen LogP contribution is -2.31. The Morgan fingerprint density at radius 2 is 2.20 bits per heavy atom. The average Bonchev–Trinajstić information content (AvgIpc) is 3.10. The molecule has 0 unspecified atom stereocenters. The van der Waals surface area contributed by atoms with Gasteiger partial charge in [-0.25, -0.2) is 4.98 Å². The molecule has 1 aliphatic rings. The molecule has 4 heteroatoms. The van der Waals surface area contributed by atoms with E-state index in [-0.39, 0.29) is 0 Å². The van der Waals surface area contributed by atoms with Crippen LogP contribution >= 0.6 is 0 Å². The number of rotatable bonds is 5. The summed E-state index contributed by atoms with van der Waals surface area (Å²) in [5, 5.41) is 0. The summed E-state index contributed by atoms with van der Waals surface area (Å²) in [4.78, 5) is 6.96. The molecule has 1 saturated heterocycles. The zero-order valence-corrected chi connectivity index (χ0v) is 12.2. The Morgan fingerprint density at radius 3 is 2.95 bits per heavy atom. The molecule has 0 amide bonds. The number of furan rings is 1. The van der Waals surface area contributed by atoms with Gasteiger partial charge >= 0.3 is 0 Å². The van der Waals surface area contributed by atoms with Crippen molar-refractivity contribution in [2.45, 2.75) is 32.2 Å². The quantitative estimate of drug-likeness (QED) is 0.840. The van der Waals surface area contributed by atoms with Crippen LogP contribution in [0.3, 0.4) is 0 Å². The number of aryl methyl sites for hydroxylation is 2. The van der Waals surface area contributed by atoms with Crippen LogP contribution in [0.4, 0.5) is 0 Å². The van der Waals surface area contributed by atoms with E-state index in [1.807, 2.05) is 18.3 Å². The van der Waals surface area contributed by atoms with E-state index in [0.29, 0.717) is 0 Å².